The molecule has 1 aromatic rings. The summed E-state index contributed by atoms with van der Waals surface area (Å²) in [7, 11) is 0. The van der Waals surface area contributed by atoms with Gasteiger partial charge >= 0.3 is 11.9 Å². The molecule has 1 rings (SSSR count). The maximum absolute atomic E-state index is 12.0. The summed E-state index contributed by atoms with van der Waals surface area (Å²) in [4.78, 5) is 35.6. The SMILES string of the molecule is CCOC(=O)C(NC(=O)Cc1ccc(Cl)c(Cl)c1)C(=O)OCC. The highest BCUT2D eigenvalue weighted by atomic mass is 35.5. The lowest BCUT2D eigenvalue weighted by Gasteiger charge is -2.16. The topological polar surface area (TPSA) is 81.7 Å². The fraction of sp³-hybridized carbons (Fsp3) is 0.400. The van der Waals surface area contributed by atoms with Crippen LogP contribution in [0, 0.1) is 0 Å². The van der Waals surface area contributed by atoms with Crippen LogP contribution in [-0.4, -0.2) is 37.1 Å². The van der Waals surface area contributed by atoms with Gasteiger partial charge in [-0.05, 0) is 31.5 Å². The van der Waals surface area contributed by atoms with Crippen molar-refractivity contribution >= 4 is 41.0 Å². The molecule has 0 fully saturated rings. The summed E-state index contributed by atoms with van der Waals surface area (Å²) < 4.78 is 9.53. The predicted octanol–water partition coefficient (Wildman–Crippen LogP) is 2.15. The summed E-state index contributed by atoms with van der Waals surface area (Å²) in [5.74, 6) is -2.28. The smallest absolute Gasteiger partial charge is 0.340 e. The monoisotopic (exact) mass is 361 g/mol. The van der Waals surface area contributed by atoms with Gasteiger partial charge in [0, 0.05) is 0 Å². The van der Waals surface area contributed by atoms with E-state index in [1.807, 2.05) is 0 Å². The zero-order chi connectivity index (χ0) is 17.4. The van der Waals surface area contributed by atoms with E-state index in [0.717, 1.165) is 0 Å². The Morgan fingerprint density at radius 3 is 2.09 bits per heavy atom. The Hall–Kier alpha value is -1.79. The van der Waals surface area contributed by atoms with E-state index in [4.69, 9.17) is 32.7 Å². The number of carbonyl (C=O) groups excluding carboxylic acids is 3. The van der Waals surface area contributed by atoms with Crippen LogP contribution < -0.4 is 5.32 Å². The Labute approximate surface area is 144 Å². The van der Waals surface area contributed by atoms with Crippen molar-refractivity contribution in [3.8, 4) is 0 Å². The molecule has 0 saturated heterocycles. The van der Waals surface area contributed by atoms with Gasteiger partial charge in [-0.2, -0.15) is 0 Å². The van der Waals surface area contributed by atoms with Crippen molar-refractivity contribution in [3.05, 3.63) is 33.8 Å². The second-order valence-corrected chi connectivity index (χ2v) is 5.24. The van der Waals surface area contributed by atoms with Crippen LogP contribution in [0.3, 0.4) is 0 Å². The molecule has 0 aliphatic carbocycles. The summed E-state index contributed by atoms with van der Waals surface area (Å²) in [6.07, 6.45) is -0.0772. The second kappa shape index (κ2) is 9.37. The lowest BCUT2D eigenvalue weighted by Crippen LogP contribution is -2.48. The van der Waals surface area contributed by atoms with E-state index in [2.05, 4.69) is 5.32 Å². The van der Waals surface area contributed by atoms with E-state index in [1.165, 1.54) is 6.07 Å². The van der Waals surface area contributed by atoms with Crippen molar-refractivity contribution < 1.29 is 23.9 Å². The number of hydrogen-bond donors (Lipinski definition) is 1. The van der Waals surface area contributed by atoms with Gasteiger partial charge in [0.05, 0.1) is 29.7 Å². The molecule has 1 aromatic carbocycles. The molecule has 126 valence electrons. The van der Waals surface area contributed by atoms with Gasteiger partial charge in [0.15, 0.2) is 0 Å². The Morgan fingerprint density at radius 1 is 1.04 bits per heavy atom. The lowest BCUT2D eigenvalue weighted by atomic mass is 10.1. The summed E-state index contributed by atoms with van der Waals surface area (Å²) in [6, 6.07) is 3.22. The maximum Gasteiger partial charge on any atom is 0.340 e. The molecule has 0 aliphatic rings. The number of ether oxygens (including phenoxy) is 2. The fourth-order valence-electron chi connectivity index (χ4n) is 1.71. The van der Waals surface area contributed by atoms with Crippen LogP contribution in [-0.2, 0) is 30.3 Å². The molecule has 6 nitrogen and oxygen atoms in total. The highest BCUT2D eigenvalue weighted by Gasteiger charge is 2.31. The molecule has 1 amide bonds. The minimum absolute atomic E-state index is 0.0772. The largest absolute Gasteiger partial charge is 0.464 e. The van der Waals surface area contributed by atoms with Gasteiger partial charge in [-0.25, -0.2) is 9.59 Å². The van der Waals surface area contributed by atoms with Crippen LogP contribution in [0.15, 0.2) is 18.2 Å². The summed E-state index contributed by atoms with van der Waals surface area (Å²) in [5.41, 5.74) is 0.586. The molecular weight excluding hydrogens is 345 g/mol. The molecule has 0 heterocycles. The van der Waals surface area contributed by atoms with Crippen molar-refractivity contribution in [2.45, 2.75) is 26.3 Å². The van der Waals surface area contributed by atoms with E-state index in [1.54, 1.807) is 26.0 Å². The molecular formula is C15H17Cl2NO5. The van der Waals surface area contributed by atoms with Crippen molar-refractivity contribution in [3.63, 3.8) is 0 Å². The van der Waals surface area contributed by atoms with Crippen molar-refractivity contribution in [1.29, 1.82) is 0 Å². The standard InChI is InChI=1S/C15H17Cl2NO5/c1-3-22-14(20)13(15(21)23-4-2)18-12(19)8-9-5-6-10(16)11(17)7-9/h5-7,13H,3-4,8H2,1-2H3,(H,18,19). The molecule has 0 atom stereocenters. The number of nitrogens with one attached hydrogen (secondary N) is 1. The Kier molecular flexibility index (Phi) is 7.85. The Balaban J connectivity index is 2.77. The molecule has 0 aliphatic heterocycles. The molecule has 8 heteroatoms. The third kappa shape index (κ3) is 6.08. The average Bonchev–Trinajstić information content (AvgIpc) is 2.49. The second-order valence-electron chi connectivity index (χ2n) is 4.43. The van der Waals surface area contributed by atoms with E-state index in [-0.39, 0.29) is 19.6 Å². The first kappa shape index (κ1) is 19.3. The molecule has 0 saturated carbocycles. The number of hydrogen-bond acceptors (Lipinski definition) is 5. The number of benzene rings is 1. The minimum Gasteiger partial charge on any atom is -0.464 e. The van der Waals surface area contributed by atoms with Gasteiger partial charge in [0.25, 0.3) is 0 Å². The Morgan fingerprint density at radius 2 is 1.61 bits per heavy atom. The van der Waals surface area contributed by atoms with Gasteiger partial charge < -0.3 is 14.8 Å². The first-order valence-corrected chi connectivity index (χ1v) is 7.71. The van der Waals surface area contributed by atoms with Crippen LogP contribution in [0.2, 0.25) is 10.0 Å². The van der Waals surface area contributed by atoms with Crippen LogP contribution >= 0.6 is 23.2 Å². The number of esters is 2. The molecule has 0 aromatic heterocycles. The van der Waals surface area contributed by atoms with E-state index >= 15 is 0 Å². The number of rotatable bonds is 7. The summed E-state index contributed by atoms with van der Waals surface area (Å²) in [6.45, 7) is 3.35. The van der Waals surface area contributed by atoms with Crippen LogP contribution in [0.5, 0.6) is 0 Å². The maximum atomic E-state index is 12.0. The molecule has 0 bridgehead atoms. The third-order valence-corrected chi connectivity index (χ3v) is 3.44. The quantitative estimate of drug-likeness (QED) is 0.594. The zero-order valence-corrected chi connectivity index (χ0v) is 14.2. The van der Waals surface area contributed by atoms with Gasteiger partial charge in [-0.1, -0.05) is 29.3 Å². The van der Waals surface area contributed by atoms with E-state index < -0.39 is 23.9 Å². The molecule has 0 radical (unpaired) electrons. The third-order valence-electron chi connectivity index (χ3n) is 2.70. The number of amides is 1. The van der Waals surface area contributed by atoms with Crippen LogP contribution in [0.25, 0.3) is 0 Å². The lowest BCUT2D eigenvalue weighted by molar-refractivity contribution is -0.159. The summed E-state index contributed by atoms with van der Waals surface area (Å²) in [5, 5.41) is 2.98. The number of carbonyl (C=O) groups is 3. The first-order valence-electron chi connectivity index (χ1n) is 6.95. The van der Waals surface area contributed by atoms with Gasteiger partial charge in [0.1, 0.15) is 0 Å². The van der Waals surface area contributed by atoms with Crippen molar-refractivity contribution in [2.75, 3.05) is 13.2 Å². The van der Waals surface area contributed by atoms with Crippen LogP contribution in [0.1, 0.15) is 19.4 Å². The van der Waals surface area contributed by atoms with Crippen molar-refractivity contribution in [2.24, 2.45) is 0 Å². The first-order chi connectivity index (χ1) is 10.9. The summed E-state index contributed by atoms with van der Waals surface area (Å²) >= 11 is 11.7. The predicted molar refractivity (Wildman–Crippen MR) is 85.4 cm³/mol. The molecule has 23 heavy (non-hydrogen) atoms. The highest BCUT2D eigenvalue weighted by Crippen LogP contribution is 2.22. The van der Waals surface area contributed by atoms with E-state index in [0.29, 0.717) is 15.6 Å². The van der Waals surface area contributed by atoms with Gasteiger partial charge in [-0.15, -0.1) is 0 Å². The van der Waals surface area contributed by atoms with Crippen molar-refractivity contribution in [1.82, 2.24) is 5.32 Å². The molecule has 0 unspecified atom stereocenters. The zero-order valence-electron chi connectivity index (χ0n) is 12.7. The molecule has 1 N–H and O–H groups in total. The van der Waals surface area contributed by atoms with Gasteiger partial charge in [-0.3, -0.25) is 4.79 Å². The normalized spacial score (nSPS) is 10.3. The highest BCUT2D eigenvalue weighted by molar-refractivity contribution is 6.42. The number of halogens is 2. The molecule has 0 spiro atoms. The fourth-order valence-corrected chi connectivity index (χ4v) is 2.03. The Bertz CT molecular complexity index is 573. The minimum atomic E-state index is -1.50. The van der Waals surface area contributed by atoms with Gasteiger partial charge in [0.2, 0.25) is 11.9 Å². The average molecular weight is 362 g/mol. The van der Waals surface area contributed by atoms with E-state index in [9.17, 15) is 14.4 Å². The van der Waals surface area contributed by atoms with Crippen LogP contribution in [0.4, 0.5) is 0 Å².